The van der Waals surface area contributed by atoms with Crippen molar-refractivity contribution in [1.29, 1.82) is 0 Å². The van der Waals surface area contributed by atoms with E-state index in [2.05, 4.69) is 5.32 Å². The van der Waals surface area contributed by atoms with Crippen LogP contribution in [0.25, 0.3) is 0 Å². The molecule has 1 aromatic carbocycles. The molecule has 0 saturated carbocycles. The van der Waals surface area contributed by atoms with Crippen LogP contribution < -0.4 is 5.32 Å². The van der Waals surface area contributed by atoms with Crippen molar-refractivity contribution in [1.82, 2.24) is 10.2 Å². The van der Waals surface area contributed by atoms with E-state index in [-0.39, 0.29) is 30.6 Å². The van der Waals surface area contributed by atoms with E-state index in [9.17, 15) is 23.9 Å². The monoisotopic (exact) mass is 392 g/mol. The number of carbonyl (C=O) groups is 3. The van der Waals surface area contributed by atoms with Crippen LogP contribution in [0.2, 0.25) is 0 Å². The third-order valence-corrected chi connectivity index (χ3v) is 4.01. The lowest BCUT2D eigenvalue weighted by atomic mass is 10.1. The molecule has 1 aliphatic heterocycles. The highest BCUT2D eigenvalue weighted by Gasteiger charge is 2.35. The molecule has 1 aromatic rings. The van der Waals surface area contributed by atoms with Gasteiger partial charge in [0, 0.05) is 0 Å². The topological polar surface area (TPSA) is 95.9 Å². The van der Waals surface area contributed by atoms with Crippen LogP contribution in [0.3, 0.4) is 0 Å². The van der Waals surface area contributed by atoms with E-state index in [1.165, 1.54) is 18.2 Å². The number of aliphatic hydroxyl groups is 1. The number of amides is 3. The summed E-state index contributed by atoms with van der Waals surface area (Å²) in [6.07, 6.45) is 1.05. The number of allylic oxidation sites excluding steroid dienone is 1. The molecule has 0 unspecified atom stereocenters. The summed E-state index contributed by atoms with van der Waals surface area (Å²) in [6.45, 7) is 4.39. The second kappa shape index (κ2) is 8.97. The van der Waals surface area contributed by atoms with Crippen molar-refractivity contribution in [2.24, 2.45) is 0 Å². The number of carbonyl (C=O) groups excluding carboxylic acids is 3. The van der Waals surface area contributed by atoms with Crippen molar-refractivity contribution in [3.63, 3.8) is 0 Å². The van der Waals surface area contributed by atoms with Crippen LogP contribution in [-0.4, -0.2) is 52.7 Å². The molecule has 8 heteroatoms. The fourth-order valence-corrected chi connectivity index (χ4v) is 2.72. The summed E-state index contributed by atoms with van der Waals surface area (Å²) in [6, 6.07) is 5.76. The maximum absolute atomic E-state index is 14.2. The first-order valence-electron chi connectivity index (χ1n) is 9.02. The number of alkyl carbamates (subject to hydrolysis) is 1. The Labute approximate surface area is 163 Å². The Hall–Kier alpha value is -2.74. The van der Waals surface area contributed by atoms with Crippen molar-refractivity contribution in [2.45, 2.75) is 45.3 Å². The van der Waals surface area contributed by atoms with E-state index >= 15 is 0 Å². The Morgan fingerprint density at radius 2 is 1.82 bits per heavy atom. The van der Waals surface area contributed by atoms with Crippen molar-refractivity contribution in [3.8, 4) is 0 Å². The lowest BCUT2D eigenvalue weighted by Crippen LogP contribution is -2.40. The molecule has 0 radical (unpaired) electrons. The van der Waals surface area contributed by atoms with Crippen molar-refractivity contribution in [3.05, 3.63) is 47.3 Å². The molecule has 0 aromatic heterocycles. The molecule has 2 N–H and O–H groups in total. The molecule has 1 heterocycles. The predicted molar refractivity (Wildman–Crippen MR) is 100 cm³/mol. The molecule has 0 aliphatic carbocycles. The van der Waals surface area contributed by atoms with Crippen LogP contribution in [-0.2, 0) is 4.74 Å². The summed E-state index contributed by atoms with van der Waals surface area (Å²) in [5, 5.41) is 11.9. The summed E-state index contributed by atoms with van der Waals surface area (Å²) in [5.74, 6) is -1.68. The molecular weight excluding hydrogens is 367 g/mol. The quantitative estimate of drug-likeness (QED) is 0.696. The van der Waals surface area contributed by atoms with E-state index in [1.807, 2.05) is 0 Å². The normalized spacial score (nSPS) is 15.5. The van der Waals surface area contributed by atoms with Crippen molar-refractivity contribution >= 4 is 17.9 Å². The fourth-order valence-electron chi connectivity index (χ4n) is 2.72. The molecule has 7 nitrogen and oxygen atoms in total. The number of halogens is 1. The van der Waals surface area contributed by atoms with E-state index < -0.39 is 41.9 Å². The number of aliphatic hydroxyl groups excluding tert-OH is 1. The summed E-state index contributed by atoms with van der Waals surface area (Å²) in [4.78, 5) is 37.0. The van der Waals surface area contributed by atoms with Crippen LogP contribution >= 0.6 is 0 Å². The van der Waals surface area contributed by atoms with E-state index in [0.29, 0.717) is 0 Å². The molecule has 28 heavy (non-hydrogen) atoms. The van der Waals surface area contributed by atoms with Crippen LogP contribution in [0.5, 0.6) is 0 Å². The minimum atomic E-state index is -0.665. The zero-order valence-electron chi connectivity index (χ0n) is 16.2. The number of fused-ring (bicyclic) bond motifs is 1. The molecule has 1 aliphatic rings. The van der Waals surface area contributed by atoms with Gasteiger partial charge in [0.2, 0.25) is 0 Å². The Balaban J connectivity index is 1.86. The number of hydrogen-bond donors (Lipinski definition) is 2. The average Bonchev–Trinajstić information content (AvgIpc) is 2.84. The Bertz CT molecular complexity index is 750. The maximum Gasteiger partial charge on any atom is 0.407 e. The first-order valence-corrected chi connectivity index (χ1v) is 9.02. The second-order valence-corrected chi connectivity index (χ2v) is 7.50. The molecular formula is C20H25FN2O5. The molecule has 0 spiro atoms. The van der Waals surface area contributed by atoms with Crippen LogP contribution in [0.4, 0.5) is 9.18 Å². The number of nitrogens with zero attached hydrogens (tertiary/aromatic N) is 1. The van der Waals surface area contributed by atoms with Gasteiger partial charge in [-0.3, -0.25) is 14.5 Å². The highest BCUT2D eigenvalue weighted by molar-refractivity contribution is 6.21. The predicted octanol–water partition coefficient (Wildman–Crippen LogP) is 2.80. The standard InChI is InChI=1S/C20H25FN2O5/c1-20(2,3)28-19(27)22-14(12-24)8-6-7-13(21)11-23-17(25)15-9-4-5-10-16(15)18(23)26/h4-5,7,9-10,14,24H,6,8,11-12H2,1-3H3,(H,22,27)/b13-7-/t14-/m0/s1. The van der Waals surface area contributed by atoms with Crippen molar-refractivity contribution in [2.75, 3.05) is 13.2 Å². The number of hydrogen-bond acceptors (Lipinski definition) is 5. The van der Waals surface area contributed by atoms with Gasteiger partial charge in [0.25, 0.3) is 11.8 Å². The van der Waals surface area contributed by atoms with Gasteiger partial charge in [0.1, 0.15) is 11.4 Å². The molecule has 0 fully saturated rings. The summed E-state index contributed by atoms with van der Waals surface area (Å²) >= 11 is 0. The lowest BCUT2D eigenvalue weighted by molar-refractivity contribution is 0.0478. The molecule has 2 rings (SSSR count). The first-order chi connectivity index (χ1) is 13.1. The fraction of sp³-hybridized carbons (Fsp3) is 0.450. The summed E-state index contributed by atoms with van der Waals surface area (Å²) in [5.41, 5.74) is -0.132. The van der Waals surface area contributed by atoms with Gasteiger partial charge in [0.05, 0.1) is 30.3 Å². The Morgan fingerprint density at radius 3 is 2.32 bits per heavy atom. The number of benzene rings is 1. The molecule has 0 saturated heterocycles. The van der Waals surface area contributed by atoms with Crippen LogP contribution in [0.1, 0.15) is 54.3 Å². The molecule has 1 atom stereocenters. The van der Waals surface area contributed by atoms with Gasteiger partial charge in [-0.05, 0) is 45.7 Å². The number of ether oxygens (including phenoxy) is 1. The van der Waals surface area contributed by atoms with Gasteiger partial charge < -0.3 is 15.2 Å². The van der Waals surface area contributed by atoms with Crippen molar-refractivity contribution < 1.29 is 28.6 Å². The van der Waals surface area contributed by atoms with E-state index in [1.54, 1.807) is 32.9 Å². The van der Waals surface area contributed by atoms with Gasteiger partial charge in [-0.25, -0.2) is 9.18 Å². The minimum absolute atomic E-state index is 0.204. The average molecular weight is 392 g/mol. The third-order valence-electron chi connectivity index (χ3n) is 4.01. The zero-order chi connectivity index (χ0) is 20.9. The lowest BCUT2D eigenvalue weighted by Gasteiger charge is -2.22. The van der Waals surface area contributed by atoms with Gasteiger partial charge in [-0.1, -0.05) is 18.2 Å². The summed E-state index contributed by atoms with van der Waals surface area (Å²) in [7, 11) is 0. The SMILES string of the molecule is CC(C)(C)OC(=O)N[C@H](CO)CC/C=C(\F)CN1C(=O)c2ccccc2C1=O. The highest BCUT2D eigenvalue weighted by atomic mass is 19.1. The Kier molecular flexibility index (Phi) is 6.90. The van der Waals surface area contributed by atoms with Gasteiger partial charge in [-0.2, -0.15) is 0 Å². The highest BCUT2D eigenvalue weighted by Crippen LogP contribution is 2.23. The number of rotatable bonds is 7. The molecule has 0 bridgehead atoms. The maximum atomic E-state index is 14.2. The molecule has 152 valence electrons. The van der Waals surface area contributed by atoms with Gasteiger partial charge >= 0.3 is 6.09 Å². The van der Waals surface area contributed by atoms with Crippen LogP contribution in [0, 0.1) is 0 Å². The van der Waals surface area contributed by atoms with Gasteiger partial charge in [0.15, 0.2) is 0 Å². The summed E-state index contributed by atoms with van der Waals surface area (Å²) < 4.78 is 19.3. The van der Waals surface area contributed by atoms with E-state index in [4.69, 9.17) is 4.74 Å². The third kappa shape index (κ3) is 5.63. The largest absolute Gasteiger partial charge is 0.444 e. The minimum Gasteiger partial charge on any atom is -0.444 e. The van der Waals surface area contributed by atoms with Gasteiger partial charge in [-0.15, -0.1) is 0 Å². The zero-order valence-corrected chi connectivity index (χ0v) is 16.2. The Morgan fingerprint density at radius 1 is 1.25 bits per heavy atom. The molecule has 3 amide bonds. The second-order valence-electron chi connectivity index (χ2n) is 7.50. The number of imide groups is 1. The first kappa shape index (κ1) is 21.6. The van der Waals surface area contributed by atoms with E-state index in [0.717, 1.165) is 4.90 Å². The number of nitrogens with one attached hydrogen (secondary N) is 1. The van der Waals surface area contributed by atoms with Crippen LogP contribution in [0.15, 0.2) is 36.2 Å². The smallest absolute Gasteiger partial charge is 0.407 e.